The van der Waals surface area contributed by atoms with Crippen LogP contribution < -0.4 is 5.32 Å². The minimum atomic E-state index is -0.492. The van der Waals surface area contributed by atoms with E-state index < -0.39 is 5.97 Å². The zero-order chi connectivity index (χ0) is 17.7. The van der Waals surface area contributed by atoms with E-state index in [1.807, 2.05) is 51.1 Å². The van der Waals surface area contributed by atoms with Gasteiger partial charge in [-0.1, -0.05) is 45.3 Å². The van der Waals surface area contributed by atoms with E-state index >= 15 is 0 Å². The minimum Gasteiger partial charge on any atom is -0.452 e. The summed E-state index contributed by atoms with van der Waals surface area (Å²) in [6.07, 6.45) is 0. The minimum absolute atomic E-state index is 0.162. The predicted octanol–water partition coefficient (Wildman–Crippen LogP) is 4.10. The summed E-state index contributed by atoms with van der Waals surface area (Å²) in [6, 6.07) is 13.0. The van der Waals surface area contributed by atoms with Gasteiger partial charge in [0.1, 0.15) is 0 Å². The van der Waals surface area contributed by atoms with Crippen LogP contribution in [0.1, 0.15) is 40.0 Å². The number of ether oxygens (including phenoxy) is 1. The van der Waals surface area contributed by atoms with Crippen molar-refractivity contribution in [2.75, 3.05) is 6.61 Å². The molecule has 4 nitrogen and oxygen atoms in total. The lowest BCUT2D eigenvalue weighted by molar-refractivity contribution is -0.124. The van der Waals surface area contributed by atoms with E-state index in [4.69, 9.17) is 4.74 Å². The van der Waals surface area contributed by atoms with E-state index in [1.54, 1.807) is 12.1 Å². The van der Waals surface area contributed by atoms with E-state index in [0.717, 1.165) is 21.2 Å². The Morgan fingerprint density at radius 2 is 1.67 bits per heavy atom. The van der Waals surface area contributed by atoms with Crippen LogP contribution in [0, 0.1) is 13.8 Å². The Balaban J connectivity index is 1.88. The number of esters is 1. The lowest BCUT2D eigenvalue weighted by atomic mass is 10.1. The second-order valence-corrected chi connectivity index (χ2v) is 6.71. The summed E-state index contributed by atoms with van der Waals surface area (Å²) < 4.78 is 6.08. The highest BCUT2D eigenvalue weighted by Crippen LogP contribution is 2.16. The van der Waals surface area contributed by atoms with Gasteiger partial charge in [0.25, 0.3) is 5.91 Å². The predicted molar refractivity (Wildman–Crippen MR) is 96.9 cm³/mol. The van der Waals surface area contributed by atoms with Gasteiger partial charge in [-0.15, -0.1) is 0 Å². The van der Waals surface area contributed by atoms with Crippen molar-refractivity contribution < 1.29 is 14.3 Å². The lowest BCUT2D eigenvalue weighted by Crippen LogP contribution is -2.31. The summed E-state index contributed by atoms with van der Waals surface area (Å²) in [6.45, 7) is 5.41. The van der Waals surface area contributed by atoms with Gasteiger partial charge in [-0.3, -0.25) is 4.79 Å². The van der Waals surface area contributed by atoms with E-state index in [2.05, 4.69) is 21.2 Å². The number of hydrogen-bond acceptors (Lipinski definition) is 3. The van der Waals surface area contributed by atoms with Crippen LogP contribution in [0.25, 0.3) is 0 Å². The number of aryl methyl sites for hydroxylation is 2. The molecule has 1 amide bonds. The quantitative estimate of drug-likeness (QED) is 0.783. The topological polar surface area (TPSA) is 55.4 Å². The third-order valence-electron chi connectivity index (χ3n) is 3.54. The summed E-state index contributed by atoms with van der Waals surface area (Å²) >= 11 is 3.37. The molecule has 0 aromatic heterocycles. The van der Waals surface area contributed by atoms with Gasteiger partial charge in [0.2, 0.25) is 0 Å². The number of hydrogen-bond donors (Lipinski definition) is 1. The van der Waals surface area contributed by atoms with Gasteiger partial charge in [-0.25, -0.2) is 4.79 Å². The van der Waals surface area contributed by atoms with Gasteiger partial charge in [0, 0.05) is 4.47 Å². The van der Waals surface area contributed by atoms with E-state index in [0.29, 0.717) is 5.56 Å². The molecule has 0 fully saturated rings. The first kappa shape index (κ1) is 18.2. The average Bonchev–Trinajstić information content (AvgIpc) is 2.52. The number of halogens is 1. The Labute approximate surface area is 150 Å². The third-order valence-corrected chi connectivity index (χ3v) is 4.07. The van der Waals surface area contributed by atoms with Crippen LogP contribution in [0.15, 0.2) is 46.9 Å². The number of carbonyl (C=O) groups excluding carboxylic acids is 2. The molecule has 0 radical (unpaired) electrons. The molecule has 2 aromatic rings. The van der Waals surface area contributed by atoms with Gasteiger partial charge >= 0.3 is 5.97 Å². The summed E-state index contributed by atoms with van der Waals surface area (Å²) in [4.78, 5) is 24.0. The Morgan fingerprint density at radius 1 is 1.08 bits per heavy atom. The van der Waals surface area contributed by atoms with Crippen molar-refractivity contribution in [3.05, 3.63) is 69.2 Å². The van der Waals surface area contributed by atoms with Crippen LogP contribution in [0.5, 0.6) is 0 Å². The highest BCUT2D eigenvalue weighted by Gasteiger charge is 2.13. The van der Waals surface area contributed by atoms with Crippen LogP contribution >= 0.6 is 15.9 Å². The first-order chi connectivity index (χ1) is 11.3. The number of benzene rings is 2. The number of carbonyl (C=O) groups is 2. The van der Waals surface area contributed by atoms with E-state index in [1.165, 1.54) is 0 Å². The number of nitrogens with one attached hydrogen (secondary N) is 1. The molecule has 5 heteroatoms. The van der Waals surface area contributed by atoms with E-state index in [-0.39, 0.29) is 18.6 Å². The zero-order valence-corrected chi connectivity index (χ0v) is 15.5. The van der Waals surface area contributed by atoms with Crippen molar-refractivity contribution in [3.63, 3.8) is 0 Å². The molecule has 0 saturated heterocycles. The average molecular weight is 390 g/mol. The smallest absolute Gasteiger partial charge is 0.338 e. The number of amides is 1. The molecule has 1 N–H and O–H groups in total. The van der Waals surface area contributed by atoms with Gasteiger partial charge in [-0.05, 0) is 50.6 Å². The Kier molecular flexibility index (Phi) is 6.15. The maximum Gasteiger partial charge on any atom is 0.338 e. The van der Waals surface area contributed by atoms with Crippen LogP contribution in [0.4, 0.5) is 0 Å². The van der Waals surface area contributed by atoms with Gasteiger partial charge in [0.05, 0.1) is 11.6 Å². The second kappa shape index (κ2) is 8.11. The summed E-state index contributed by atoms with van der Waals surface area (Å²) in [5.74, 6) is -0.823. The van der Waals surface area contributed by atoms with Crippen molar-refractivity contribution in [2.24, 2.45) is 0 Å². The highest BCUT2D eigenvalue weighted by atomic mass is 79.9. The molecule has 24 heavy (non-hydrogen) atoms. The molecule has 2 aromatic carbocycles. The Bertz CT molecular complexity index is 721. The number of rotatable bonds is 5. The van der Waals surface area contributed by atoms with Crippen molar-refractivity contribution in [1.82, 2.24) is 5.32 Å². The molecule has 0 spiro atoms. The van der Waals surface area contributed by atoms with Crippen LogP contribution in [0.2, 0.25) is 0 Å². The SMILES string of the molecule is Cc1cc(C)cc(C(=O)OCC(=O)N[C@H](C)c2ccc(Br)cc2)c1. The summed E-state index contributed by atoms with van der Waals surface area (Å²) in [7, 11) is 0. The van der Waals surface area contributed by atoms with Crippen LogP contribution in [-0.2, 0) is 9.53 Å². The van der Waals surface area contributed by atoms with Gasteiger partial charge in [-0.2, -0.15) is 0 Å². The molecule has 2 rings (SSSR count). The zero-order valence-electron chi connectivity index (χ0n) is 13.9. The maximum absolute atomic E-state index is 12.0. The Morgan fingerprint density at radius 3 is 2.25 bits per heavy atom. The first-order valence-electron chi connectivity index (χ1n) is 7.65. The molecule has 0 heterocycles. The fraction of sp³-hybridized carbons (Fsp3) is 0.263. The fourth-order valence-corrected chi connectivity index (χ4v) is 2.69. The van der Waals surface area contributed by atoms with Crippen LogP contribution in [0.3, 0.4) is 0 Å². The molecule has 0 unspecified atom stereocenters. The van der Waals surface area contributed by atoms with Crippen molar-refractivity contribution in [3.8, 4) is 0 Å². The summed E-state index contributed by atoms with van der Waals surface area (Å²) in [5.41, 5.74) is 3.40. The molecule has 0 saturated carbocycles. The first-order valence-corrected chi connectivity index (χ1v) is 8.44. The third kappa shape index (κ3) is 5.20. The van der Waals surface area contributed by atoms with Crippen molar-refractivity contribution >= 4 is 27.8 Å². The summed E-state index contributed by atoms with van der Waals surface area (Å²) in [5, 5.41) is 2.81. The monoisotopic (exact) mass is 389 g/mol. The standard InChI is InChI=1S/C19H20BrNO3/c1-12-8-13(2)10-16(9-12)19(23)24-11-18(22)21-14(3)15-4-6-17(20)7-5-15/h4-10,14H,11H2,1-3H3,(H,21,22)/t14-/m1/s1. The van der Waals surface area contributed by atoms with E-state index in [9.17, 15) is 9.59 Å². The van der Waals surface area contributed by atoms with Crippen LogP contribution in [-0.4, -0.2) is 18.5 Å². The van der Waals surface area contributed by atoms with Crippen molar-refractivity contribution in [1.29, 1.82) is 0 Å². The van der Waals surface area contributed by atoms with Crippen molar-refractivity contribution in [2.45, 2.75) is 26.8 Å². The largest absolute Gasteiger partial charge is 0.452 e. The molecule has 1 atom stereocenters. The highest BCUT2D eigenvalue weighted by molar-refractivity contribution is 9.10. The van der Waals surface area contributed by atoms with Gasteiger partial charge < -0.3 is 10.1 Å². The molecule has 0 aliphatic heterocycles. The lowest BCUT2D eigenvalue weighted by Gasteiger charge is -2.14. The Hall–Kier alpha value is -2.14. The molecule has 0 bridgehead atoms. The second-order valence-electron chi connectivity index (χ2n) is 5.79. The van der Waals surface area contributed by atoms with Gasteiger partial charge in [0.15, 0.2) is 6.61 Å². The normalized spacial score (nSPS) is 11.7. The molecule has 0 aliphatic rings. The molecular formula is C19H20BrNO3. The molecular weight excluding hydrogens is 370 g/mol. The molecule has 126 valence electrons. The molecule has 0 aliphatic carbocycles. The maximum atomic E-state index is 12.0. The fourth-order valence-electron chi connectivity index (χ4n) is 2.42.